The molecule has 0 spiro atoms. The molecule has 0 unspecified atom stereocenters. The van der Waals surface area contributed by atoms with Gasteiger partial charge in [-0.1, -0.05) is 36.7 Å². The number of rotatable bonds is 6. The number of aryl methyl sites for hydroxylation is 3. The van der Waals surface area contributed by atoms with Crippen LogP contribution < -0.4 is 4.74 Å². The van der Waals surface area contributed by atoms with Crippen molar-refractivity contribution >= 4 is 33.2 Å². The van der Waals surface area contributed by atoms with E-state index in [0.717, 1.165) is 0 Å². The quantitative estimate of drug-likeness (QED) is 0.391. The number of carbonyl (C=O) groups is 2. The van der Waals surface area contributed by atoms with Gasteiger partial charge in [0.25, 0.3) is 0 Å². The lowest BCUT2D eigenvalue weighted by Gasteiger charge is -2.15. The molecule has 1 aromatic heterocycles. The number of aromatic nitrogens is 2. The number of hydrogen-bond donors (Lipinski definition) is 0. The fourth-order valence-electron chi connectivity index (χ4n) is 3.60. The molecule has 0 aliphatic carbocycles. The minimum Gasteiger partial charge on any atom is -0.403 e. The Kier molecular flexibility index (Phi) is 6.57. The van der Waals surface area contributed by atoms with Crippen molar-refractivity contribution in [3.8, 4) is 5.88 Å². The van der Waals surface area contributed by atoms with Crippen LogP contribution in [0.2, 0.25) is 5.02 Å². The summed E-state index contributed by atoms with van der Waals surface area (Å²) in [5, 5.41) is 4.27. The van der Waals surface area contributed by atoms with Crippen LogP contribution in [0.25, 0.3) is 0 Å². The highest BCUT2D eigenvalue weighted by molar-refractivity contribution is 7.91. The number of esters is 1. The molecule has 1 heterocycles. The Morgan fingerprint density at radius 1 is 1.12 bits per heavy atom. The van der Waals surface area contributed by atoms with E-state index in [9.17, 15) is 18.0 Å². The standard InChI is InChI=1S/C23H23ClN2O5S/c1-6-32(29,30)21-13(2)12-17(19(24)14(21)3)20(27)18-15(4)25-26(5)22(18)31-23(28)16-10-8-7-9-11-16/h7-12H,6H2,1-5H3. The van der Waals surface area contributed by atoms with Crippen molar-refractivity contribution in [1.29, 1.82) is 0 Å². The number of sulfone groups is 1. The van der Waals surface area contributed by atoms with E-state index in [0.29, 0.717) is 22.4 Å². The van der Waals surface area contributed by atoms with Gasteiger partial charge in [-0.2, -0.15) is 5.10 Å². The number of carbonyl (C=O) groups excluding carboxylic acids is 2. The molecule has 0 radical (unpaired) electrons. The summed E-state index contributed by atoms with van der Waals surface area (Å²) >= 11 is 6.47. The number of nitrogens with zero attached hydrogens (tertiary/aromatic N) is 2. The average Bonchev–Trinajstić information content (AvgIpc) is 3.03. The molecule has 0 N–H and O–H groups in total. The first kappa shape index (κ1) is 23.7. The van der Waals surface area contributed by atoms with Gasteiger partial charge in [0, 0.05) is 12.6 Å². The van der Waals surface area contributed by atoms with Crippen LogP contribution in [0.1, 0.15) is 50.0 Å². The van der Waals surface area contributed by atoms with Crippen LogP contribution in [0.4, 0.5) is 0 Å². The van der Waals surface area contributed by atoms with Gasteiger partial charge in [-0.05, 0) is 50.1 Å². The molecule has 9 heteroatoms. The molecular formula is C23H23ClN2O5S. The zero-order valence-electron chi connectivity index (χ0n) is 18.4. The van der Waals surface area contributed by atoms with Gasteiger partial charge in [-0.3, -0.25) is 4.79 Å². The van der Waals surface area contributed by atoms with E-state index >= 15 is 0 Å². The highest BCUT2D eigenvalue weighted by atomic mass is 35.5. The van der Waals surface area contributed by atoms with Crippen LogP contribution in [-0.4, -0.2) is 35.7 Å². The summed E-state index contributed by atoms with van der Waals surface area (Å²) in [6.45, 7) is 6.36. The lowest BCUT2D eigenvalue weighted by Crippen LogP contribution is -2.15. The third kappa shape index (κ3) is 4.20. The van der Waals surface area contributed by atoms with Gasteiger partial charge in [0.1, 0.15) is 5.56 Å². The summed E-state index contributed by atoms with van der Waals surface area (Å²) in [6.07, 6.45) is 0. The van der Waals surface area contributed by atoms with E-state index in [2.05, 4.69) is 5.10 Å². The van der Waals surface area contributed by atoms with Crippen molar-refractivity contribution in [3.05, 3.63) is 74.9 Å². The minimum absolute atomic E-state index is 0.0158. The number of ether oxygens (including phenoxy) is 1. The monoisotopic (exact) mass is 474 g/mol. The molecular weight excluding hydrogens is 452 g/mol. The van der Waals surface area contributed by atoms with E-state index in [1.807, 2.05) is 0 Å². The molecule has 0 saturated heterocycles. The van der Waals surface area contributed by atoms with E-state index in [1.165, 1.54) is 10.7 Å². The molecule has 0 aliphatic heterocycles. The van der Waals surface area contributed by atoms with Gasteiger partial charge >= 0.3 is 5.97 Å². The Labute approximate surface area is 191 Å². The third-order valence-corrected chi connectivity index (χ3v) is 7.65. The Hall–Kier alpha value is -2.97. The first-order valence-electron chi connectivity index (χ1n) is 9.87. The Bertz CT molecular complexity index is 1330. The van der Waals surface area contributed by atoms with Crippen LogP contribution in [0, 0.1) is 20.8 Å². The molecule has 0 aliphatic rings. The van der Waals surface area contributed by atoms with E-state index in [-0.39, 0.29) is 32.7 Å². The summed E-state index contributed by atoms with van der Waals surface area (Å²) < 4.78 is 31.8. The summed E-state index contributed by atoms with van der Waals surface area (Å²) in [6, 6.07) is 9.83. The normalized spacial score (nSPS) is 11.4. The Morgan fingerprint density at radius 2 is 1.75 bits per heavy atom. The largest absolute Gasteiger partial charge is 0.403 e. The Morgan fingerprint density at radius 3 is 2.34 bits per heavy atom. The van der Waals surface area contributed by atoms with Gasteiger partial charge in [0.2, 0.25) is 11.7 Å². The molecule has 0 fully saturated rings. The molecule has 0 bridgehead atoms. The maximum Gasteiger partial charge on any atom is 0.344 e. The second-order valence-electron chi connectivity index (χ2n) is 7.39. The van der Waals surface area contributed by atoms with Crippen LogP contribution in [0.5, 0.6) is 5.88 Å². The van der Waals surface area contributed by atoms with Gasteiger partial charge in [0.15, 0.2) is 9.84 Å². The van der Waals surface area contributed by atoms with Crippen molar-refractivity contribution in [2.24, 2.45) is 7.05 Å². The van der Waals surface area contributed by atoms with Crippen LogP contribution in [0.15, 0.2) is 41.3 Å². The fourth-order valence-corrected chi connectivity index (χ4v) is 5.30. The first-order chi connectivity index (χ1) is 15.0. The van der Waals surface area contributed by atoms with Gasteiger partial charge in [-0.25, -0.2) is 17.9 Å². The number of benzene rings is 2. The Balaban J connectivity index is 2.11. The smallest absolute Gasteiger partial charge is 0.344 e. The zero-order valence-corrected chi connectivity index (χ0v) is 20.0. The van der Waals surface area contributed by atoms with Gasteiger partial charge < -0.3 is 4.74 Å². The lowest BCUT2D eigenvalue weighted by molar-refractivity contribution is 0.0718. The fraction of sp³-hybridized carbons (Fsp3) is 0.261. The molecule has 0 saturated carbocycles. The summed E-state index contributed by atoms with van der Waals surface area (Å²) in [5.74, 6) is -1.24. The molecule has 32 heavy (non-hydrogen) atoms. The molecule has 168 valence electrons. The SMILES string of the molecule is CCS(=O)(=O)c1c(C)cc(C(=O)c2c(C)nn(C)c2OC(=O)c2ccccc2)c(Cl)c1C. The second kappa shape index (κ2) is 8.88. The topological polar surface area (TPSA) is 95.3 Å². The molecule has 0 amide bonds. The number of ketones is 1. The maximum atomic E-state index is 13.5. The first-order valence-corrected chi connectivity index (χ1v) is 11.9. The maximum absolute atomic E-state index is 13.5. The van der Waals surface area contributed by atoms with Crippen LogP contribution in [-0.2, 0) is 16.9 Å². The minimum atomic E-state index is -3.53. The summed E-state index contributed by atoms with van der Waals surface area (Å²) in [5.41, 5.74) is 1.60. The molecule has 7 nitrogen and oxygen atoms in total. The van der Waals surface area contributed by atoms with Crippen molar-refractivity contribution in [1.82, 2.24) is 9.78 Å². The van der Waals surface area contributed by atoms with Crippen LogP contribution in [0.3, 0.4) is 0 Å². The summed E-state index contributed by atoms with van der Waals surface area (Å²) in [7, 11) is -1.97. The lowest BCUT2D eigenvalue weighted by atomic mass is 9.99. The highest BCUT2D eigenvalue weighted by Gasteiger charge is 2.29. The number of halogens is 1. The van der Waals surface area contributed by atoms with Crippen molar-refractivity contribution in [2.75, 3.05) is 5.75 Å². The van der Waals surface area contributed by atoms with Crippen molar-refractivity contribution in [2.45, 2.75) is 32.6 Å². The third-order valence-electron chi connectivity index (χ3n) is 5.16. The van der Waals surface area contributed by atoms with E-state index in [1.54, 1.807) is 65.1 Å². The van der Waals surface area contributed by atoms with E-state index < -0.39 is 21.6 Å². The second-order valence-corrected chi connectivity index (χ2v) is 9.98. The highest BCUT2D eigenvalue weighted by Crippen LogP contribution is 2.34. The van der Waals surface area contributed by atoms with E-state index in [4.69, 9.17) is 16.3 Å². The average molecular weight is 475 g/mol. The zero-order chi connectivity index (χ0) is 23.8. The molecule has 0 atom stereocenters. The van der Waals surface area contributed by atoms with Gasteiger partial charge in [0.05, 0.1) is 26.9 Å². The number of hydrogen-bond acceptors (Lipinski definition) is 6. The molecule has 3 aromatic rings. The molecule has 3 rings (SSSR count). The molecule has 2 aromatic carbocycles. The van der Waals surface area contributed by atoms with Crippen LogP contribution >= 0.6 is 11.6 Å². The predicted octanol–water partition coefficient (Wildman–Crippen LogP) is 4.24. The van der Waals surface area contributed by atoms with Gasteiger partial charge in [-0.15, -0.1) is 0 Å². The van der Waals surface area contributed by atoms with Crippen molar-refractivity contribution < 1.29 is 22.7 Å². The predicted molar refractivity (Wildman–Crippen MR) is 121 cm³/mol. The van der Waals surface area contributed by atoms with Crippen molar-refractivity contribution in [3.63, 3.8) is 0 Å². The summed E-state index contributed by atoms with van der Waals surface area (Å²) in [4.78, 5) is 26.2.